The van der Waals surface area contributed by atoms with Crippen LogP contribution in [0.2, 0.25) is 0 Å². The summed E-state index contributed by atoms with van der Waals surface area (Å²) in [6.45, 7) is 6.21. The summed E-state index contributed by atoms with van der Waals surface area (Å²) in [6.07, 6.45) is -5.50. The molecule has 1 aromatic rings. The van der Waals surface area contributed by atoms with Crippen molar-refractivity contribution in [2.75, 3.05) is 0 Å². The molecule has 0 aliphatic carbocycles. The number of aryl methyl sites for hydroxylation is 1. The Bertz CT molecular complexity index is 628. The summed E-state index contributed by atoms with van der Waals surface area (Å²) >= 11 is 0. The Morgan fingerprint density at radius 3 is 2.36 bits per heavy atom. The third kappa shape index (κ3) is 2.63. The molecule has 1 amide bonds. The SMILES string of the molecule is Cc1ccc(C(=O)N2N=C(C(F)(F)F)CC2(O)C(C)(C)C)o1. The molecule has 0 aromatic carbocycles. The second-order valence-electron chi connectivity index (χ2n) is 6.32. The van der Waals surface area contributed by atoms with Crippen molar-refractivity contribution >= 4 is 11.6 Å². The number of hydrogen-bond donors (Lipinski definition) is 1. The maximum Gasteiger partial charge on any atom is 0.431 e. The van der Waals surface area contributed by atoms with E-state index in [2.05, 4.69) is 5.10 Å². The fourth-order valence-electron chi connectivity index (χ4n) is 2.15. The molecule has 22 heavy (non-hydrogen) atoms. The average Bonchev–Trinajstić information content (AvgIpc) is 2.91. The highest BCUT2D eigenvalue weighted by atomic mass is 19.4. The van der Waals surface area contributed by atoms with Gasteiger partial charge in [0.25, 0.3) is 0 Å². The van der Waals surface area contributed by atoms with Gasteiger partial charge in [-0.2, -0.15) is 23.3 Å². The first-order chi connectivity index (χ1) is 9.86. The molecule has 1 aromatic heterocycles. The number of halogens is 3. The summed E-state index contributed by atoms with van der Waals surface area (Å²) in [5.41, 5.74) is -4.32. The summed E-state index contributed by atoms with van der Waals surface area (Å²) in [7, 11) is 0. The molecule has 2 rings (SSSR count). The van der Waals surface area contributed by atoms with Gasteiger partial charge in [0.05, 0.1) is 0 Å². The number of aliphatic hydroxyl groups is 1. The van der Waals surface area contributed by atoms with E-state index in [9.17, 15) is 23.1 Å². The van der Waals surface area contributed by atoms with E-state index in [1.54, 1.807) is 6.92 Å². The molecule has 5 nitrogen and oxygen atoms in total. The predicted octanol–water partition coefficient (Wildman–Crippen LogP) is 3.09. The van der Waals surface area contributed by atoms with Crippen LogP contribution in [-0.2, 0) is 0 Å². The highest BCUT2D eigenvalue weighted by Crippen LogP contribution is 2.44. The highest BCUT2D eigenvalue weighted by Gasteiger charge is 2.57. The standard InChI is InChI=1S/C14H17F3N2O3/c1-8-5-6-9(22-8)11(20)19-13(21,12(2,3)4)7-10(18-19)14(15,16)17/h5-6,21H,7H2,1-4H3. The molecule has 1 unspecified atom stereocenters. The van der Waals surface area contributed by atoms with Crippen LogP contribution in [0.3, 0.4) is 0 Å². The third-order valence-electron chi connectivity index (χ3n) is 3.66. The second-order valence-corrected chi connectivity index (χ2v) is 6.32. The van der Waals surface area contributed by atoms with E-state index in [1.165, 1.54) is 32.9 Å². The average molecular weight is 318 g/mol. The lowest BCUT2D eigenvalue weighted by atomic mass is 9.80. The van der Waals surface area contributed by atoms with Crippen molar-refractivity contribution in [1.29, 1.82) is 0 Å². The minimum atomic E-state index is -4.71. The number of hydrazone groups is 1. The molecule has 122 valence electrons. The van der Waals surface area contributed by atoms with Gasteiger partial charge in [-0.05, 0) is 19.1 Å². The summed E-state index contributed by atoms with van der Waals surface area (Å²) in [4.78, 5) is 12.4. The van der Waals surface area contributed by atoms with Crippen molar-refractivity contribution in [2.24, 2.45) is 10.5 Å². The molecule has 1 atom stereocenters. The fourth-order valence-corrected chi connectivity index (χ4v) is 2.15. The normalized spacial score (nSPS) is 22.9. The van der Waals surface area contributed by atoms with Gasteiger partial charge in [0, 0.05) is 11.8 Å². The lowest BCUT2D eigenvalue weighted by Crippen LogP contribution is -2.55. The number of nitrogens with zero attached hydrogens (tertiary/aromatic N) is 2. The van der Waals surface area contributed by atoms with Gasteiger partial charge in [0.1, 0.15) is 11.5 Å². The van der Waals surface area contributed by atoms with Crippen LogP contribution in [-0.4, -0.2) is 33.6 Å². The Balaban J connectivity index is 2.47. The van der Waals surface area contributed by atoms with E-state index in [0.29, 0.717) is 10.8 Å². The lowest BCUT2D eigenvalue weighted by Gasteiger charge is -2.41. The van der Waals surface area contributed by atoms with Crippen LogP contribution in [0.1, 0.15) is 43.5 Å². The molecule has 0 radical (unpaired) electrons. The molecule has 0 spiro atoms. The molecule has 0 bridgehead atoms. The fraction of sp³-hybridized carbons (Fsp3) is 0.571. The zero-order valence-electron chi connectivity index (χ0n) is 12.7. The van der Waals surface area contributed by atoms with Crippen molar-refractivity contribution in [3.8, 4) is 0 Å². The molecule has 2 heterocycles. The molecule has 0 fully saturated rings. The largest absolute Gasteiger partial charge is 0.456 e. The van der Waals surface area contributed by atoms with Gasteiger partial charge >= 0.3 is 12.1 Å². The van der Waals surface area contributed by atoms with Crippen LogP contribution in [0.5, 0.6) is 0 Å². The first kappa shape index (κ1) is 16.5. The summed E-state index contributed by atoms with van der Waals surface area (Å²) in [5.74, 6) is -0.654. The minimum Gasteiger partial charge on any atom is -0.456 e. The summed E-state index contributed by atoms with van der Waals surface area (Å²) in [6, 6.07) is 2.84. The minimum absolute atomic E-state index is 0.174. The van der Waals surface area contributed by atoms with Crippen LogP contribution < -0.4 is 0 Å². The Morgan fingerprint density at radius 2 is 1.95 bits per heavy atom. The predicted molar refractivity (Wildman–Crippen MR) is 72.1 cm³/mol. The molecule has 1 aliphatic heterocycles. The van der Waals surface area contributed by atoms with Crippen molar-refractivity contribution in [2.45, 2.75) is 46.0 Å². The smallest absolute Gasteiger partial charge is 0.431 e. The van der Waals surface area contributed by atoms with Gasteiger partial charge in [-0.25, -0.2) is 0 Å². The molecular weight excluding hydrogens is 301 g/mol. The van der Waals surface area contributed by atoms with Gasteiger partial charge < -0.3 is 9.52 Å². The molecule has 1 aliphatic rings. The van der Waals surface area contributed by atoms with Crippen molar-refractivity contribution in [3.63, 3.8) is 0 Å². The monoisotopic (exact) mass is 318 g/mol. The van der Waals surface area contributed by atoms with Crippen LogP contribution in [0.25, 0.3) is 0 Å². The number of furan rings is 1. The van der Waals surface area contributed by atoms with E-state index in [1.807, 2.05) is 0 Å². The molecule has 0 saturated heterocycles. The zero-order chi connectivity index (χ0) is 16.9. The second kappa shape index (κ2) is 4.84. The number of carbonyl (C=O) groups is 1. The van der Waals surface area contributed by atoms with Crippen molar-refractivity contribution in [1.82, 2.24) is 5.01 Å². The van der Waals surface area contributed by atoms with E-state index in [0.717, 1.165) is 0 Å². The molecule has 8 heteroatoms. The Morgan fingerprint density at radius 1 is 1.36 bits per heavy atom. The van der Waals surface area contributed by atoms with Gasteiger partial charge in [-0.1, -0.05) is 20.8 Å². The molecule has 0 saturated carbocycles. The number of amides is 1. The van der Waals surface area contributed by atoms with Gasteiger partial charge in [0.15, 0.2) is 11.5 Å². The van der Waals surface area contributed by atoms with Gasteiger partial charge in [-0.3, -0.25) is 4.79 Å². The van der Waals surface area contributed by atoms with E-state index in [-0.39, 0.29) is 5.76 Å². The van der Waals surface area contributed by atoms with Crippen molar-refractivity contribution in [3.05, 3.63) is 23.7 Å². The van der Waals surface area contributed by atoms with E-state index in [4.69, 9.17) is 4.42 Å². The Labute approximate surface area is 125 Å². The van der Waals surface area contributed by atoms with Crippen molar-refractivity contribution < 1.29 is 27.5 Å². The number of alkyl halides is 3. The lowest BCUT2D eigenvalue weighted by molar-refractivity contribution is -0.145. The first-order valence-corrected chi connectivity index (χ1v) is 6.64. The molecular formula is C14H17F3N2O3. The van der Waals surface area contributed by atoms with E-state index >= 15 is 0 Å². The number of hydrogen-bond acceptors (Lipinski definition) is 4. The van der Waals surface area contributed by atoms with Gasteiger partial charge in [0.2, 0.25) is 0 Å². The summed E-state index contributed by atoms with van der Waals surface area (Å²) in [5, 5.41) is 14.5. The quantitative estimate of drug-likeness (QED) is 0.865. The number of rotatable bonds is 1. The highest BCUT2D eigenvalue weighted by molar-refractivity contribution is 5.98. The van der Waals surface area contributed by atoms with E-state index < -0.39 is 35.4 Å². The Hall–Kier alpha value is -1.83. The zero-order valence-corrected chi connectivity index (χ0v) is 12.7. The van der Waals surface area contributed by atoms with Crippen LogP contribution >= 0.6 is 0 Å². The van der Waals surface area contributed by atoms with Crippen LogP contribution in [0.15, 0.2) is 21.7 Å². The number of carbonyl (C=O) groups excluding carboxylic acids is 1. The topological polar surface area (TPSA) is 66.0 Å². The molecule has 1 N–H and O–H groups in total. The van der Waals surface area contributed by atoms with Crippen LogP contribution in [0.4, 0.5) is 13.2 Å². The maximum atomic E-state index is 12.9. The summed E-state index contributed by atoms with van der Waals surface area (Å²) < 4.78 is 43.9. The maximum absolute atomic E-state index is 12.9. The first-order valence-electron chi connectivity index (χ1n) is 6.64. The van der Waals surface area contributed by atoms with Gasteiger partial charge in [-0.15, -0.1) is 0 Å². The Kier molecular flexibility index (Phi) is 3.64. The third-order valence-corrected chi connectivity index (χ3v) is 3.66. The van der Waals surface area contributed by atoms with Crippen LogP contribution in [0, 0.1) is 12.3 Å².